The molecule has 3 nitrogen and oxygen atoms in total. The molecule has 1 heterocycles. The summed E-state index contributed by atoms with van der Waals surface area (Å²) in [6.07, 6.45) is 8.64. The van der Waals surface area contributed by atoms with Gasteiger partial charge in [0.2, 0.25) is 0 Å². The Bertz CT molecular complexity index is 586. The Morgan fingerprint density at radius 1 is 1.40 bits per heavy atom. The van der Waals surface area contributed by atoms with Gasteiger partial charge in [-0.3, -0.25) is 0 Å². The van der Waals surface area contributed by atoms with Crippen LogP contribution in [0, 0.1) is 6.92 Å². The average Bonchev–Trinajstić information content (AvgIpc) is 2.85. The summed E-state index contributed by atoms with van der Waals surface area (Å²) < 4.78 is 2.10. The molecule has 0 fully saturated rings. The number of hydrogen-bond acceptors (Lipinski definition) is 2. The SMILES string of the molecule is Cc1ccc2c(c1)C(NCCc1cncn1C)CCC2. The molecule has 1 aliphatic carbocycles. The van der Waals surface area contributed by atoms with Crippen molar-refractivity contribution in [2.24, 2.45) is 7.05 Å². The minimum atomic E-state index is 0.520. The van der Waals surface area contributed by atoms with Crippen LogP contribution >= 0.6 is 0 Å². The summed E-state index contributed by atoms with van der Waals surface area (Å²) >= 11 is 0. The molecule has 20 heavy (non-hydrogen) atoms. The number of aryl methyl sites for hydroxylation is 3. The molecule has 1 aliphatic rings. The molecule has 1 aromatic carbocycles. The second-order valence-corrected chi connectivity index (χ2v) is 5.85. The summed E-state index contributed by atoms with van der Waals surface area (Å²) in [5, 5.41) is 3.73. The zero-order valence-corrected chi connectivity index (χ0v) is 12.4. The molecule has 0 spiro atoms. The maximum Gasteiger partial charge on any atom is 0.0945 e. The molecular formula is C17H23N3. The Balaban J connectivity index is 1.64. The highest BCUT2D eigenvalue weighted by Gasteiger charge is 2.19. The van der Waals surface area contributed by atoms with E-state index in [0.717, 1.165) is 13.0 Å². The van der Waals surface area contributed by atoms with Gasteiger partial charge in [0.1, 0.15) is 0 Å². The molecule has 3 rings (SSSR count). The van der Waals surface area contributed by atoms with Crippen molar-refractivity contribution in [2.75, 3.05) is 6.54 Å². The van der Waals surface area contributed by atoms with Crippen molar-refractivity contribution in [1.29, 1.82) is 0 Å². The number of nitrogens with zero attached hydrogens (tertiary/aromatic N) is 2. The van der Waals surface area contributed by atoms with Crippen LogP contribution in [0.4, 0.5) is 0 Å². The van der Waals surface area contributed by atoms with E-state index in [9.17, 15) is 0 Å². The first-order valence-electron chi connectivity index (χ1n) is 7.52. The quantitative estimate of drug-likeness (QED) is 0.925. The van der Waals surface area contributed by atoms with E-state index >= 15 is 0 Å². The monoisotopic (exact) mass is 269 g/mol. The van der Waals surface area contributed by atoms with Crippen LogP contribution < -0.4 is 5.32 Å². The molecule has 1 N–H and O–H groups in total. The molecule has 106 valence electrons. The van der Waals surface area contributed by atoms with Gasteiger partial charge in [0.25, 0.3) is 0 Å². The Hall–Kier alpha value is -1.61. The minimum Gasteiger partial charge on any atom is -0.338 e. The number of hydrogen-bond donors (Lipinski definition) is 1. The molecule has 3 heteroatoms. The smallest absolute Gasteiger partial charge is 0.0945 e. The van der Waals surface area contributed by atoms with Gasteiger partial charge in [0, 0.05) is 37.9 Å². The summed E-state index contributed by atoms with van der Waals surface area (Å²) in [5.41, 5.74) is 5.70. The predicted molar refractivity (Wildman–Crippen MR) is 81.8 cm³/mol. The number of aromatic nitrogens is 2. The first kappa shape index (κ1) is 13.4. The fraction of sp³-hybridized carbons (Fsp3) is 0.471. The van der Waals surface area contributed by atoms with Crippen molar-refractivity contribution in [2.45, 2.75) is 38.6 Å². The Kier molecular flexibility index (Phi) is 3.88. The Morgan fingerprint density at radius 2 is 2.30 bits per heavy atom. The van der Waals surface area contributed by atoms with E-state index < -0.39 is 0 Å². The molecular weight excluding hydrogens is 246 g/mol. The largest absolute Gasteiger partial charge is 0.338 e. The molecule has 0 saturated heterocycles. The lowest BCUT2D eigenvalue weighted by atomic mass is 9.86. The lowest BCUT2D eigenvalue weighted by Crippen LogP contribution is -2.27. The number of rotatable bonds is 4. The van der Waals surface area contributed by atoms with Gasteiger partial charge in [-0.25, -0.2) is 4.98 Å². The highest BCUT2D eigenvalue weighted by molar-refractivity contribution is 5.35. The van der Waals surface area contributed by atoms with Crippen LogP contribution in [0.3, 0.4) is 0 Å². The summed E-state index contributed by atoms with van der Waals surface area (Å²) in [4.78, 5) is 4.17. The zero-order chi connectivity index (χ0) is 13.9. The average molecular weight is 269 g/mol. The van der Waals surface area contributed by atoms with Crippen LogP contribution in [-0.2, 0) is 19.9 Å². The molecule has 1 atom stereocenters. The van der Waals surface area contributed by atoms with E-state index in [2.05, 4.69) is 47.0 Å². The van der Waals surface area contributed by atoms with E-state index in [1.807, 2.05) is 12.5 Å². The third-order valence-electron chi connectivity index (χ3n) is 4.30. The van der Waals surface area contributed by atoms with Gasteiger partial charge in [-0.05, 0) is 37.3 Å². The lowest BCUT2D eigenvalue weighted by molar-refractivity contribution is 0.460. The molecule has 0 amide bonds. The van der Waals surface area contributed by atoms with Crippen LogP contribution in [0.2, 0.25) is 0 Å². The van der Waals surface area contributed by atoms with Crippen LogP contribution in [0.1, 0.15) is 41.3 Å². The second-order valence-electron chi connectivity index (χ2n) is 5.85. The molecule has 1 unspecified atom stereocenters. The standard InChI is InChI=1S/C17H23N3/c1-13-6-7-14-4-3-5-17(16(14)10-13)19-9-8-15-11-18-12-20(15)2/h6-7,10-12,17,19H,3-5,8-9H2,1-2H3. The van der Waals surface area contributed by atoms with E-state index in [0.29, 0.717) is 6.04 Å². The molecule has 2 aromatic rings. The van der Waals surface area contributed by atoms with Gasteiger partial charge >= 0.3 is 0 Å². The molecule has 0 bridgehead atoms. The molecule has 0 saturated carbocycles. The third-order valence-corrected chi connectivity index (χ3v) is 4.30. The van der Waals surface area contributed by atoms with Crippen LogP contribution in [0.5, 0.6) is 0 Å². The highest BCUT2D eigenvalue weighted by Crippen LogP contribution is 2.30. The predicted octanol–water partition coefficient (Wildman–Crippen LogP) is 2.94. The summed E-state index contributed by atoms with van der Waals surface area (Å²) in [7, 11) is 2.06. The Labute approximate surface area is 121 Å². The maximum absolute atomic E-state index is 4.17. The van der Waals surface area contributed by atoms with Crippen LogP contribution in [0.15, 0.2) is 30.7 Å². The van der Waals surface area contributed by atoms with Gasteiger partial charge in [-0.1, -0.05) is 23.8 Å². The Morgan fingerprint density at radius 3 is 3.10 bits per heavy atom. The van der Waals surface area contributed by atoms with E-state index in [1.165, 1.54) is 41.6 Å². The normalized spacial score (nSPS) is 18.0. The van der Waals surface area contributed by atoms with E-state index in [4.69, 9.17) is 0 Å². The number of benzene rings is 1. The first-order valence-corrected chi connectivity index (χ1v) is 7.52. The van der Waals surface area contributed by atoms with E-state index in [1.54, 1.807) is 0 Å². The van der Waals surface area contributed by atoms with Gasteiger partial charge in [-0.2, -0.15) is 0 Å². The van der Waals surface area contributed by atoms with Crippen molar-refractivity contribution < 1.29 is 0 Å². The van der Waals surface area contributed by atoms with Gasteiger partial charge in [-0.15, -0.1) is 0 Å². The van der Waals surface area contributed by atoms with E-state index in [-0.39, 0.29) is 0 Å². The third kappa shape index (κ3) is 2.78. The first-order chi connectivity index (χ1) is 9.74. The van der Waals surface area contributed by atoms with Gasteiger partial charge < -0.3 is 9.88 Å². The maximum atomic E-state index is 4.17. The number of nitrogens with one attached hydrogen (secondary N) is 1. The fourth-order valence-electron chi connectivity index (χ4n) is 3.13. The van der Waals surface area contributed by atoms with Crippen LogP contribution in [-0.4, -0.2) is 16.1 Å². The van der Waals surface area contributed by atoms with Crippen molar-refractivity contribution in [1.82, 2.24) is 14.9 Å². The van der Waals surface area contributed by atoms with Crippen molar-refractivity contribution in [3.8, 4) is 0 Å². The van der Waals surface area contributed by atoms with Gasteiger partial charge in [0.05, 0.1) is 6.33 Å². The number of imidazole rings is 1. The van der Waals surface area contributed by atoms with Gasteiger partial charge in [0.15, 0.2) is 0 Å². The fourth-order valence-corrected chi connectivity index (χ4v) is 3.13. The summed E-state index contributed by atoms with van der Waals surface area (Å²) in [6.45, 7) is 3.19. The topological polar surface area (TPSA) is 29.9 Å². The molecule has 1 aromatic heterocycles. The summed E-state index contributed by atoms with van der Waals surface area (Å²) in [5.74, 6) is 0. The highest BCUT2D eigenvalue weighted by atomic mass is 15.0. The van der Waals surface area contributed by atoms with Crippen molar-refractivity contribution in [3.05, 3.63) is 53.1 Å². The summed E-state index contributed by atoms with van der Waals surface area (Å²) in [6, 6.07) is 7.42. The van der Waals surface area contributed by atoms with Crippen LogP contribution in [0.25, 0.3) is 0 Å². The van der Waals surface area contributed by atoms with Crippen molar-refractivity contribution >= 4 is 0 Å². The molecule has 0 aliphatic heterocycles. The number of fused-ring (bicyclic) bond motifs is 1. The lowest BCUT2D eigenvalue weighted by Gasteiger charge is -2.27. The second kappa shape index (κ2) is 5.80. The minimum absolute atomic E-state index is 0.520. The zero-order valence-electron chi connectivity index (χ0n) is 12.4. The molecule has 0 radical (unpaired) electrons. The van der Waals surface area contributed by atoms with Crippen molar-refractivity contribution in [3.63, 3.8) is 0 Å².